The summed E-state index contributed by atoms with van der Waals surface area (Å²) >= 11 is 5.46. The second kappa shape index (κ2) is 8.28. The number of hydrogen-bond acceptors (Lipinski definition) is 2. The van der Waals surface area contributed by atoms with E-state index in [1.807, 2.05) is 11.3 Å². The van der Waals surface area contributed by atoms with Crippen LogP contribution in [0.15, 0.2) is 15.9 Å². The van der Waals surface area contributed by atoms with E-state index in [4.69, 9.17) is 0 Å². The molecule has 1 rings (SSSR count). The van der Waals surface area contributed by atoms with E-state index in [-0.39, 0.29) is 0 Å². The molecule has 1 N–H and O–H groups in total. The lowest BCUT2D eigenvalue weighted by Crippen LogP contribution is -2.22. The van der Waals surface area contributed by atoms with Crippen molar-refractivity contribution in [2.24, 2.45) is 11.8 Å². The fourth-order valence-corrected chi connectivity index (χ4v) is 3.33. The highest BCUT2D eigenvalue weighted by molar-refractivity contribution is 9.10. The lowest BCUT2D eigenvalue weighted by molar-refractivity contribution is 0.455. The van der Waals surface area contributed by atoms with Gasteiger partial charge in [0.2, 0.25) is 0 Å². The Labute approximate surface area is 118 Å². The summed E-state index contributed by atoms with van der Waals surface area (Å²) in [6.45, 7) is 9.17. The SMILES string of the molecule is CC(C)CNCCC(C)CCc1sccc1Br. The van der Waals surface area contributed by atoms with Crippen LogP contribution in [0, 0.1) is 11.8 Å². The minimum Gasteiger partial charge on any atom is -0.316 e. The molecule has 1 aromatic heterocycles. The van der Waals surface area contributed by atoms with Gasteiger partial charge in [0, 0.05) is 9.35 Å². The Balaban J connectivity index is 2.09. The summed E-state index contributed by atoms with van der Waals surface area (Å²) in [6, 6.07) is 2.15. The van der Waals surface area contributed by atoms with E-state index >= 15 is 0 Å². The third-order valence-electron chi connectivity index (χ3n) is 2.92. The van der Waals surface area contributed by atoms with Crippen LogP contribution in [0.2, 0.25) is 0 Å². The van der Waals surface area contributed by atoms with Crippen LogP contribution in [0.4, 0.5) is 0 Å². The minimum atomic E-state index is 0.757. The van der Waals surface area contributed by atoms with Crippen molar-refractivity contribution < 1.29 is 0 Å². The van der Waals surface area contributed by atoms with E-state index < -0.39 is 0 Å². The Hall–Kier alpha value is 0.140. The van der Waals surface area contributed by atoms with Gasteiger partial charge in [0.15, 0.2) is 0 Å². The van der Waals surface area contributed by atoms with Gasteiger partial charge in [-0.05, 0) is 71.6 Å². The second-order valence-corrected chi connectivity index (χ2v) is 7.08. The lowest BCUT2D eigenvalue weighted by Gasteiger charge is -2.12. The first-order valence-corrected chi connectivity index (χ1v) is 8.19. The normalized spacial score (nSPS) is 13.2. The molecule has 0 aliphatic rings. The van der Waals surface area contributed by atoms with Crippen LogP contribution in [0.25, 0.3) is 0 Å². The van der Waals surface area contributed by atoms with E-state index in [9.17, 15) is 0 Å². The first-order chi connectivity index (χ1) is 8.09. The minimum absolute atomic E-state index is 0.757. The van der Waals surface area contributed by atoms with Crippen LogP contribution in [-0.2, 0) is 6.42 Å². The molecule has 1 aromatic rings. The molecule has 1 heterocycles. The maximum atomic E-state index is 3.59. The Morgan fingerprint density at radius 3 is 2.65 bits per heavy atom. The highest BCUT2D eigenvalue weighted by Gasteiger charge is 2.06. The summed E-state index contributed by atoms with van der Waals surface area (Å²) in [5.74, 6) is 1.57. The standard InChI is InChI=1S/C14H24BrNS/c1-11(2)10-16-8-6-12(3)4-5-14-13(15)7-9-17-14/h7,9,11-12,16H,4-6,8,10H2,1-3H3. The van der Waals surface area contributed by atoms with E-state index in [1.165, 1.54) is 28.6 Å². The molecule has 0 amide bonds. The van der Waals surface area contributed by atoms with Crippen molar-refractivity contribution in [3.05, 3.63) is 20.8 Å². The van der Waals surface area contributed by atoms with Gasteiger partial charge in [0.25, 0.3) is 0 Å². The highest BCUT2D eigenvalue weighted by atomic mass is 79.9. The molecule has 0 spiro atoms. The van der Waals surface area contributed by atoms with E-state index in [0.717, 1.165) is 24.9 Å². The molecule has 0 aromatic carbocycles. The number of thiophene rings is 1. The number of nitrogens with one attached hydrogen (secondary N) is 1. The van der Waals surface area contributed by atoms with Crippen LogP contribution in [0.1, 0.15) is 38.5 Å². The van der Waals surface area contributed by atoms with Crippen molar-refractivity contribution in [2.45, 2.75) is 40.0 Å². The monoisotopic (exact) mass is 317 g/mol. The summed E-state index contributed by atoms with van der Waals surface area (Å²) in [7, 11) is 0. The molecule has 1 nitrogen and oxygen atoms in total. The molecule has 98 valence electrons. The Morgan fingerprint density at radius 1 is 1.29 bits per heavy atom. The molecular formula is C14H24BrNS. The van der Waals surface area contributed by atoms with Crippen molar-refractivity contribution in [3.8, 4) is 0 Å². The zero-order valence-electron chi connectivity index (χ0n) is 11.1. The van der Waals surface area contributed by atoms with E-state index in [0.29, 0.717) is 0 Å². The van der Waals surface area contributed by atoms with Crippen LogP contribution in [0.5, 0.6) is 0 Å². The molecule has 0 aliphatic carbocycles. The van der Waals surface area contributed by atoms with Gasteiger partial charge in [-0.2, -0.15) is 0 Å². The van der Waals surface area contributed by atoms with Gasteiger partial charge >= 0.3 is 0 Å². The van der Waals surface area contributed by atoms with Crippen molar-refractivity contribution in [3.63, 3.8) is 0 Å². The van der Waals surface area contributed by atoms with Crippen LogP contribution in [0.3, 0.4) is 0 Å². The number of hydrogen-bond donors (Lipinski definition) is 1. The van der Waals surface area contributed by atoms with Gasteiger partial charge in [0.1, 0.15) is 0 Å². The molecule has 0 aliphatic heterocycles. The molecule has 0 saturated carbocycles. The zero-order valence-corrected chi connectivity index (χ0v) is 13.5. The van der Waals surface area contributed by atoms with Gasteiger partial charge in [-0.3, -0.25) is 0 Å². The predicted octanol–water partition coefficient (Wildman–Crippen LogP) is 4.72. The Kier molecular flexibility index (Phi) is 7.40. The van der Waals surface area contributed by atoms with Crippen LogP contribution in [-0.4, -0.2) is 13.1 Å². The van der Waals surface area contributed by atoms with Gasteiger partial charge in [-0.15, -0.1) is 11.3 Å². The summed E-state index contributed by atoms with van der Waals surface area (Å²) in [5, 5.41) is 5.67. The van der Waals surface area contributed by atoms with Crippen molar-refractivity contribution in [1.82, 2.24) is 5.32 Å². The van der Waals surface area contributed by atoms with E-state index in [1.54, 1.807) is 0 Å². The zero-order chi connectivity index (χ0) is 12.7. The summed E-state index contributed by atoms with van der Waals surface area (Å²) in [6.07, 6.45) is 3.79. The first kappa shape index (κ1) is 15.2. The molecule has 1 unspecified atom stereocenters. The fraction of sp³-hybridized carbons (Fsp3) is 0.714. The Bertz CT molecular complexity index is 309. The van der Waals surface area contributed by atoms with Crippen molar-refractivity contribution in [2.75, 3.05) is 13.1 Å². The number of aryl methyl sites for hydroxylation is 1. The Morgan fingerprint density at radius 2 is 2.06 bits per heavy atom. The summed E-state index contributed by atoms with van der Waals surface area (Å²) in [5.41, 5.74) is 0. The van der Waals surface area contributed by atoms with Gasteiger partial charge < -0.3 is 5.32 Å². The molecule has 0 saturated heterocycles. The topological polar surface area (TPSA) is 12.0 Å². The average Bonchev–Trinajstić information content (AvgIpc) is 2.67. The predicted molar refractivity (Wildman–Crippen MR) is 81.8 cm³/mol. The summed E-state index contributed by atoms with van der Waals surface area (Å²) in [4.78, 5) is 1.49. The lowest BCUT2D eigenvalue weighted by atomic mass is 10.0. The third kappa shape index (κ3) is 6.58. The van der Waals surface area contributed by atoms with E-state index in [2.05, 4.69) is 53.5 Å². The molecule has 0 bridgehead atoms. The van der Waals surface area contributed by atoms with Crippen molar-refractivity contribution >= 4 is 27.3 Å². The number of rotatable bonds is 8. The first-order valence-electron chi connectivity index (χ1n) is 6.52. The average molecular weight is 318 g/mol. The molecule has 1 atom stereocenters. The third-order valence-corrected chi connectivity index (χ3v) is 4.91. The largest absolute Gasteiger partial charge is 0.316 e. The van der Waals surface area contributed by atoms with Gasteiger partial charge in [-0.25, -0.2) is 0 Å². The maximum Gasteiger partial charge on any atom is 0.0314 e. The molecule has 0 radical (unpaired) electrons. The summed E-state index contributed by atoms with van der Waals surface area (Å²) < 4.78 is 1.28. The van der Waals surface area contributed by atoms with Gasteiger partial charge in [0.05, 0.1) is 0 Å². The quantitative estimate of drug-likeness (QED) is 0.684. The van der Waals surface area contributed by atoms with Crippen LogP contribution < -0.4 is 5.32 Å². The maximum absolute atomic E-state index is 3.59. The van der Waals surface area contributed by atoms with Crippen molar-refractivity contribution in [1.29, 1.82) is 0 Å². The van der Waals surface area contributed by atoms with Crippen LogP contribution >= 0.6 is 27.3 Å². The fourth-order valence-electron chi connectivity index (χ4n) is 1.76. The smallest absolute Gasteiger partial charge is 0.0314 e. The highest BCUT2D eigenvalue weighted by Crippen LogP contribution is 2.25. The molecule has 0 fully saturated rings. The van der Waals surface area contributed by atoms with Gasteiger partial charge in [-0.1, -0.05) is 20.8 Å². The molecular weight excluding hydrogens is 294 g/mol. The molecule has 3 heteroatoms. The molecule has 17 heavy (non-hydrogen) atoms. The number of halogens is 1. The second-order valence-electron chi connectivity index (χ2n) is 5.22.